The molecular formula is C25H29N7O2. The number of nitrogens with zero attached hydrogens (tertiary/aromatic N) is 6. The van der Waals surface area contributed by atoms with E-state index in [2.05, 4.69) is 39.4 Å². The Balaban J connectivity index is 1.27. The SMILES string of the molecule is CC(C)c1cnnc(Nc2ccc3ncc(-c4cnn(CCOC5CCOCC5)c4)cc3n2)c1. The highest BCUT2D eigenvalue weighted by Crippen LogP contribution is 2.24. The van der Waals surface area contributed by atoms with Crippen LogP contribution in [0.2, 0.25) is 0 Å². The number of fused-ring (bicyclic) bond motifs is 1. The van der Waals surface area contributed by atoms with Crippen molar-refractivity contribution in [3.05, 3.63) is 54.6 Å². The van der Waals surface area contributed by atoms with E-state index in [0.29, 0.717) is 36.8 Å². The summed E-state index contributed by atoms with van der Waals surface area (Å²) in [6, 6.07) is 7.88. The number of anilines is 2. The zero-order valence-corrected chi connectivity index (χ0v) is 19.5. The zero-order chi connectivity index (χ0) is 23.3. The van der Waals surface area contributed by atoms with Crippen LogP contribution in [-0.4, -0.2) is 55.9 Å². The quantitative estimate of drug-likeness (QED) is 0.415. The van der Waals surface area contributed by atoms with Gasteiger partial charge in [-0.1, -0.05) is 13.8 Å². The smallest absolute Gasteiger partial charge is 0.154 e. The van der Waals surface area contributed by atoms with E-state index in [1.165, 1.54) is 0 Å². The third kappa shape index (κ3) is 5.37. The number of pyridine rings is 2. The van der Waals surface area contributed by atoms with E-state index in [0.717, 1.165) is 53.8 Å². The summed E-state index contributed by atoms with van der Waals surface area (Å²) in [6.07, 6.45) is 9.74. The highest BCUT2D eigenvalue weighted by Gasteiger charge is 2.14. The molecule has 1 fully saturated rings. The fourth-order valence-corrected chi connectivity index (χ4v) is 3.91. The monoisotopic (exact) mass is 459 g/mol. The van der Waals surface area contributed by atoms with Gasteiger partial charge in [0, 0.05) is 36.7 Å². The van der Waals surface area contributed by atoms with Crippen LogP contribution in [0.1, 0.15) is 38.2 Å². The number of ether oxygens (including phenoxy) is 2. The van der Waals surface area contributed by atoms with Crippen molar-refractivity contribution in [3.8, 4) is 11.1 Å². The lowest BCUT2D eigenvalue weighted by Gasteiger charge is -2.22. The molecule has 0 spiro atoms. The Labute approximate surface area is 198 Å². The van der Waals surface area contributed by atoms with Crippen LogP contribution in [0.25, 0.3) is 22.2 Å². The van der Waals surface area contributed by atoms with Crippen LogP contribution in [0.3, 0.4) is 0 Å². The lowest BCUT2D eigenvalue weighted by molar-refractivity contribution is -0.0344. The van der Waals surface area contributed by atoms with E-state index in [-0.39, 0.29) is 0 Å². The second kappa shape index (κ2) is 10.2. The van der Waals surface area contributed by atoms with E-state index in [4.69, 9.17) is 14.5 Å². The van der Waals surface area contributed by atoms with Crippen molar-refractivity contribution in [1.82, 2.24) is 29.9 Å². The maximum Gasteiger partial charge on any atom is 0.154 e. The average Bonchev–Trinajstić information content (AvgIpc) is 3.33. The van der Waals surface area contributed by atoms with Crippen molar-refractivity contribution in [1.29, 1.82) is 0 Å². The Hall–Kier alpha value is -3.43. The van der Waals surface area contributed by atoms with E-state index in [1.807, 2.05) is 47.5 Å². The predicted molar refractivity (Wildman–Crippen MR) is 130 cm³/mol. The summed E-state index contributed by atoms with van der Waals surface area (Å²) >= 11 is 0. The lowest BCUT2D eigenvalue weighted by atomic mass is 10.1. The van der Waals surface area contributed by atoms with Crippen LogP contribution in [0.5, 0.6) is 0 Å². The minimum Gasteiger partial charge on any atom is -0.381 e. The molecule has 1 aliphatic rings. The summed E-state index contributed by atoms with van der Waals surface area (Å²) < 4.78 is 13.2. The number of rotatable bonds is 8. The topological polar surface area (TPSA) is 99.9 Å². The van der Waals surface area contributed by atoms with Crippen LogP contribution in [0.15, 0.2) is 49.1 Å². The van der Waals surface area contributed by atoms with Crippen molar-refractivity contribution in [2.75, 3.05) is 25.1 Å². The highest BCUT2D eigenvalue weighted by atomic mass is 16.5. The molecule has 34 heavy (non-hydrogen) atoms. The maximum absolute atomic E-state index is 5.96. The van der Waals surface area contributed by atoms with Crippen molar-refractivity contribution < 1.29 is 9.47 Å². The molecule has 4 aromatic rings. The Kier molecular flexibility index (Phi) is 6.73. The van der Waals surface area contributed by atoms with Crippen LogP contribution < -0.4 is 5.32 Å². The summed E-state index contributed by atoms with van der Waals surface area (Å²) in [7, 11) is 0. The molecule has 4 aromatic heterocycles. The summed E-state index contributed by atoms with van der Waals surface area (Å²) in [6.45, 7) is 7.18. The van der Waals surface area contributed by atoms with Crippen molar-refractivity contribution in [2.45, 2.75) is 45.3 Å². The second-order valence-corrected chi connectivity index (χ2v) is 8.79. The minimum atomic E-state index is 0.293. The van der Waals surface area contributed by atoms with Gasteiger partial charge in [0.25, 0.3) is 0 Å². The van der Waals surface area contributed by atoms with Crippen molar-refractivity contribution in [3.63, 3.8) is 0 Å². The third-order valence-electron chi connectivity index (χ3n) is 5.94. The van der Waals surface area contributed by atoms with Gasteiger partial charge < -0.3 is 14.8 Å². The molecule has 176 valence electrons. The van der Waals surface area contributed by atoms with Gasteiger partial charge in [-0.25, -0.2) is 4.98 Å². The van der Waals surface area contributed by atoms with Gasteiger partial charge in [-0.2, -0.15) is 10.2 Å². The molecule has 0 aliphatic carbocycles. The molecule has 5 rings (SSSR count). The van der Waals surface area contributed by atoms with E-state index < -0.39 is 0 Å². The summed E-state index contributed by atoms with van der Waals surface area (Å²) in [4.78, 5) is 9.32. The van der Waals surface area contributed by atoms with E-state index >= 15 is 0 Å². The molecule has 1 saturated heterocycles. The number of nitrogens with one attached hydrogen (secondary N) is 1. The molecule has 1 N–H and O–H groups in total. The van der Waals surface area contributed by atoms with Crippen molar-refractivity contribution in [2.24, 2.45) is 0 Å². The maximum atomic E-state index is 5.96. The van der Waals surface area contributed by atoms with Gasteiger partial charge in [-0.3, -0.25) is 9.67 Å². The molecule has 5 heterocycles. The summed E-state index contributed by atoms with van der Waals surface area (Å²) in [5, 5.41) is 16.0. The Morgan fingerprint density at radius 3 is 2.79 bits per heavy atom. The molecule has 0 radical (unpaired) electrons. The Morgan fingerprint density at radius 2 is 1.94 bits per heavy atom. The number of aromatic nitrogens is 6. The lowest BCUT2D eigenvalue weighted by Crippen LogP contribution is -2.24. The van der Waals surface area contributed by atoms with Gasteiger partial charge in [-0.05, 0) is 48.6 Å². The van der Waals surface area contributed by atoms with Gasteiger partial charge in [0.1, 0.15) is 5.82 Å². The van der Waals surface area contributed by atoms with Crippen LogP contribution >= 0.6 is 0 Å². The summed E-state index contributed by atoms with van der Waals surface area (Å²) in [5.41, 5.74) is 4.71. The first-order valence-corrected chi connectivity index (χ1v) is 11.7. The molecule has 0 unspecified atom stereocenters. The van der Waals surface area contributed by atoms with E-state index in [9.17, 15) is 0 Å². The number of hydrogen-bond acceptors (Lipinski definition) is 8. The number of hydrogen-bond donors (Lipinski definition) is 1. The van der Waals surface area contributed by atoms with Gasteiger partial charge in [-0.15, -0.1) is 5.10 Å². The Morgan fingerprint density at radius 1 is 1.06 bits per heavy atom. The first-order chi connectivity index (χ1) is 16.6. The van der Waals surface area contributed by atoms with Crippen LogP contribution in [0.4, 0.5) is 11.6 Å². The highest BCUT2D eigenvalue weighted by molar-refractivity contribution is 5.81. The minimum absolute atomic E-state index is 0.293. The molecule has 9 nitrogen and oxygen atoms in total. The average molecular weight is 460 g/mol. The first kappa shape index (κ1) is 22.4. The first-order valence-electron chi connectivity index (χ1n) is 11.7. The molecule has 9 heteroatoms. The van der Waals surface area contributed by atoms with Crippen LogP contribution in [0, 0.1) is 0 Å². The second-order valence-electron chi connectivity index (χ2n) is 8.79. The fraction of sp³-hybridized carbons (Fsp3) is 0.400. The Bertz CT molecular complexity index is 1250. The largest absolute Gasteiger partial charge is 0.381 e. The molecule has 0 saturated carbocycles. The molecule has 0 aromatic carbocycles. The van der Waals surface area contributed by atoms with Gasteiger partial charge in [0.05, 0.1) is 42.7 Å². The molecule has 0 atom stereocenters. The standard InChI is InChI=1S/C25H29N7O2/c1-17(2)18-12-25(31-27-14-18)30-24-4-3-22-23(29-24)11-19(13-26-22)20-15-28-32(16-20)7-10-34-21-5-8-33-9-6-21/h3-4,11-17,21H,5-10H2,1-2H3,(H,29,30,31). The predicted octanol–water partition coefficient (Wildman–Crippen LogP) is 4.35. The van der Waals surface area contributed by atoms with E-state index in [1.54, 1.807) is 6.20 Å². The molecule has 0 bridgehead atoms. The van der Waals surface area contributed by atoms with Gasteiger partial charge in [0.2, 0.25) is 0 Å². The third-order valence-corrected chi connectivity index (χ3v) is 5.94. The van der Waals surface area contributed by atoms with Crippen LogP contribution in [-0.2, 0) is 16.0 Å². The molecule has 1 aliphatic heterocycles. The molecule has 0 amide bonds. The summed E-state index contributed by atoms with van der Waals surface area (Å²) in [5.74, 6) is 1.75. The molecular weight excluding hydrogens is 430 g/mol. The fourth-order valence-electron chi connectivity index (χ4n) is 3.91. The normalized spacial score (nSPS) is 14.7. The van der Waals surface area contributed by atoms with Gasteiger partial charge >= 0.3 is 0 Å². The van der Waals surface area contributed by atoms with Crippen molar-refractivity contribution >= 4 is 22.7 Å². The zero-order valence-electron chi connectivity index (χ0n) is 19.5. The van der Waals surface area contributed by atoms with Gasteiger partial charge in [0.15, 0.2) is 5.82 Å².